The molecule has 2 aliphatic rings. The van der Waals surface area contributed by atoms with E-state index in [1.807, 2.05) is 0 Å². The van der Waals surface area contributed by atoms with Gasteiger partial charge in [-0.2, -0.15) is 0 Å². The minimum Gasteiger partial charge on any atom is -0.481 e. The number of hydrogen-bond donors (Lipinski definition) is 2. The summed E-state index contributed by atoms with van der Waals surface area (Å²) in [7, 11) is 0. The first-order chi connectivity index (χ1) is 6.11. The largest absolute Gasteiger partial charge is 0.481 e. The number of hydrogen-bond acceptors (Lipinski definition) is 3. The van der Waals surface area contributed by atoms with E-state index >= 15 is 0 Å². The van der Waals surface area contributed by atoms with Crippen LogP contribution < -0.4 is 0 Å². The summed E-state index contributed by atoms with van der Waals surface area (Å²) in [5, 5.41) is 19.2. The molecule has 1 aliphatic heterocycles. The minimum absolute atomic E-state index is 0.180. The molecule has 2 N–H and O–H groups in total. The molecule has 0 amide bonds. The maximum Gasteiger partial charge on any atom is 0.312 e. The number of aliphatic hydroxyl groups is 1. The Balaban J connectivity index is 2.27. The maximum atomic E-state index is 11.1. The van der Waals surface area contributed by atoms with Crippen molar-refractivity contribution < 1.29 is 19.7 Å². The third-order valence-corrected chi connectivity index (χ3v) is 3.44. The normalized spacial score (nSPS) is 29.6. The van der Waals surface area contributed by atoms with Crippen LogP contribution in [0, 0.1) is 5.41 Å². The fraction of sp³-hybridized carbons (Fsp3) is 0.889. The molecule has 0 atom stereocenters. The van der Waals surface area contributed by atoms with Crippen molar-refractivity contribution in [2.24, 2.45) is 5.41 Å². The molecule has 2 rings (SSSR count). The second-order valence-electron chi connectivity index (χ2n) is 4.12. The Bertz CT molecular complexity index is 226. The van der Waals surface area contributed by atoms with Crippen LogP contribution in [0.3, 0.4) is 0 Å². The van der Waals surface area contributed by atoms with E-state index in [2.05, 4.69) is 0 Å². The van der Waals surface area contributed by atoms with Crippen molar-refractivity contribution in [1.29, 1.82) is 0 Å². The highest BCUT2D eigenvalue weighted by molar-refractivity contribution is 5.77. The number of rotatable bonds is 2. The molecule has 74 valence electrons. The average Bonchev–Trinajstić information content (AvgIpc) is 2.49. The fourth-order valence-corrected chi connectivity index (χ4v) is 2.43. The molecule has 1 aliphatic carbocycles. The van der Waals surface area contributed by atoms with E-state index in [-0.39, 0.29) is 13.2 Å². The van der Waals surface area contributed by atoms with E-state index in [1.165, 1.54) is 0 Å². The van der Waals surface area contributed by atoms with E-state index < -0.39 is 17.0 Å². The number of ether oxygens (including phenoxy) is 1. The Labute approximate surface area is 76.5 Å². The lowest BCUT2D eigenvalue weighted by molar-refractivity contribution is -0.243. The zero-order chi connectivity index (χ0) is 9.53. The van der Waals surface area contributed by atoms with Crippen molar-refractivity contribution in [3.63, 3.8) is 0 Å². The monoisotopic (exact) mass is 186 g/mol. The van der Waals surface area contributed by atoms with Gasteiger partial charge in [0.15, 0.2) is 0 Å². The second kappa shape index (κ2) is 2.69. The van der Waals surface area contributed by atoms with Gasteiger partial charge in [0.05, 0.1) is 13.2 Å². The second-order valence-corrected chi connectivity index (χ2v) is 4.12. The minimum atomic E-state index is -1.10. The van der Waals surface area contributed by atoms with E-state index in [0.29, 0.717) is 12.8 Å². The third kappa shape index (κ3) is 1.02. The van der Waals surface area contributed by atoms with Crippen LogP contribution in [0.25, 0.3) is 0 Å². The van der Waals surface area contributed by atoms with Gasteiger partial charge in [-0.15, -0.1) is 0 Å². The molecule has 4 nitrogen and oxygen atoms in total. The van der Waals surface area contributed by atoms with Gasteiger partial charge in [-0.05, 0) is 12.8 Å². The topological polar surface area (TPSA) is 66.8 Å². The molecule has 0 aromatic rings. The summed E-state index contributed by atoms with van der Waals surface area (Å²) in [5.74, 6) is -0.865. The van der Waals surface area contributed by atoms with Crippen LogP contribution in [0.5, 0.6) is 0 Å². The van der Waals surface area contributed by atoms with Crippen molar-refractivity contribution in [3.05, 3.63) is 0 Å². The molecule has 0 spiro atoms. The van der Waals surface area contributed by atoms with Crippen molar-refractivity contribution in [2.75, 3.05) is 13.2 Å². The van der Waals surface area contributed by atoms with Gasteiger partial charge < -0.3 is 14.9 Å². The highest BCUT2D eigenvalue weighted by atomic mass is 16.5. The zero-order valence-electron chi connectivity index (χ0n) is 7.45. The Kier molecular flexibility index (Phi) is 1.85. The Hall–Kier alpha value is -0.610. The van der Waals surface area contributed by atoms with E-state index in [9.17, 15) is 9.90 Å². The molecule has 13 heavy (non-hydrogen) atoms. The number of aliphatic carboxylic acids is 1. The van der Waals surface area contributed by atoms with Crippen molar-refractivity contribution in [1.82, 2.24) is 0 Å². The molecule has 0 aromatic carbocycles. The van der Waals surface area contributed by atoms with Crippen LogP contribution in [-0.2, 0) is 9.53 Å². The van der Waals surface area contributed by atoms with Gasteiger partial charge >= 0.3 is 5.97 Å². The van der Waals surface area contributed by atoms with E-state index in [1.54, 1.807) is 0 Å². The van der Waals surface area contributed by atoms with Crippen LogP contribution in [0.2, 0.25) is 0 Å². The smallest absolute Gasteiger partial charge is 0.312 e. The molecule has 2 fully saturated rings. The van der Waals surface area contributed by atoms with Crippen LogP contribution in [0.1, 0.15) is 25.7 Å². The lowest BCUT2D eigenvalue weighted by atomic mass is 9.69. The summed E-state index contributed by atoms with van der Waals surface area (Å²) in [6, 6.07) is 0. The number of carbonyl (C=O) groups is 1. The van der Waals surface area contributed by atoms with Crippen molar-refractivity contribution in [3.8, 4) is 0 Å². The summed E-state index contributed by atoms with van der Waals surface area (Å²) in [5.41, 5.74) is -2.03. The summed E-state index contributed by atoms with van der Waals surface area (Å²) in [4.78, 5) is 11.1. The molecule has 0 aromatic heterocycles. The molecule has 4 heteroatoms. The van der Waals surface area contributed by atoms with Gasteiger partial charge in [0.25, 0.3) is 0 Å². The molecule has 0 unspecified atom stereocenters. The fourth-order valence-electron chi connectivity index (χ4n) is 2.43. The van der Waals surface area contributed by atoms with Gasteiger partial charge in [0.1, 0.15) is 11.0 Å². The van der Waals surface area contributed by atoms with Crippen molar-refractivity contribution in [2.45, 2.75) is 31.3 Å². The quantitative estimate of drug-likeness (QED) is 0.654. The summed E-state index contributed by atoms with van der Waals surface area (Å²) in [6.07, 6.45) is 2.97. The standard InChI is InChI=1S/C9H14O4/c10-7(11)8(3-1-2-4-8)9(12)5-13-6-9/h12H,1-6H2,(H,10,11). The highest BCUT2D eigenvalue weighted by Gasteiger charge is 2.60. The lowest BCUT2D eigenvalue weighted by Crippen LogP contribution is -2.63. The number of carboxylic acids is 1. The van der Waals surface area contributed by atoms with Crippen molar-refractivity contribution >= 4 is 5.97 Å². The van der Waals surface area contributed by atoms with Gasteiger partial charge in [0, 0.05) is 0 Å². The zero-order valence-corrected chi connectivity index (χ0v) is 7.45. The molecular formula is C9H14O4. The van der Waals surface area contributed by atoms with Gasteiger partial charge in [-0.25, -0.2) is 0 Å². The molecule has 1 heterocycles. The molecular weight excluding hydrogens is 172 g/mol. The Morgan fingerprint density at radius 3 is 2.08 bits per heavy atom. The highest BCUT2D eigenvalue weighted by Crippen LogP contribution is 2.49. The predicted octanol–water partition coefficient (Wildman–Crippen LogP) is 0.393. The maximum absolute atomic E-state index is 11.1. The molecule has 1 saturated carbocycles. The molecule has 0 radical (unpaired) electrons. The Morgan fingerprint density at radius 1 is 1.23 bits per heavy atom. The van der Waals surface area contributed by atoms with E-state index in [0.717, 1.165) is 12.8 Å². The first-order valence-corrected chi connectivity index (χ1v) is 4.64. The Morgan fingerprint density at radius 2 is 1.77 bits per heavy atom. The molecule has 0 bridgehead atoms. The average molecular weight is 186 g/mol. The molecule has 1 saturated heterocycles. The first kappa shape index (κ1) is 8.97. The summed E-state index contributed by atoms with van der Waals surface area (Å²) >= 11 is 0. The van der Waals surface area contributed by atoms with Gasteiger partial charge in [-0.1, -0.05) is 12.8 Å². The van der Waals surface area contributed by atoms with Crippen LogP contribution in [0.4, 0.5) is 0 Å². The van der Waals surface area contributed by atoms with Crippen LogP contribution in [0.15, 0.2) is 0 Å². The summed E-state index contributed by atoms with van der Waals surface area (Å²) < 4.78 is 4.91. The third-order valence-electron chi connectivity index (χ3n) is 3.44. The lowest BCUT2D eigenvalue weighted by Gasteiger charge is -2.47. The first-order valence-electron chi connectivity index (χ1n) is 4.64. The van der Waals surface area contributed by atoms with E-state index in [4.69, 9.17) is 9.84 Å². The van der Waals surface area contributed by atoms with Gasteiger partial charge in [-0.3, -0.25) is 4.79 Å². The van der Waals surface area contributed by atoms with Crippen LogP contribution in [-0.4, -0.2) is 35.0 Å². The van der Waals surface area contributed by atoms with Crippen LogP contribution >= 0.6 is 0 Å². The number of carboxylic acid groups (broad SMARTS) is 1. The predicted molar refractivity (Wildman–Crippen MR) is 44.3 cm³/mol. The van der Waals surface area contributed by atoms with Gasteiger partial charge in [0.2, 0.25) is 0 Å². The SMILES string of the molecule is O=C(O)C1(C2(O)COC2)CCCC1. The summed E-state index contributed by atoms with van der Waals surface area (Å²) in [6.45, 7) is 0.360.